The van der Waals surface area contributed by atoms with Gasteiger partial charge >= 0.3 is 0 Å². The van der Waals surface area contributed by atoms with Crippen molar-refractivity contribution in [2.45, 2.75) is 25.0 Å². The Morgan fingerprint density at radius 1 is 1.56 bits per heavy atom. The van der Waals surface area contributed by atoms with Crippen molar-refractivity contribution in [3.8, 4) is 0 Å². The van der Waals surface area contributed by atoms with E-state index in [4.69, 9.17) is 5.73 Å². The smallest absolute Gasteiger partial charge is 0.240 e. The summed E-state index contributed by atoms with van der Waals surface area (Å²) in [6.45, 7) is 0.603. The van der Waals surface area contributed by atoms with Crippen molar-refractivity contribution in [3.63, 3.8) is 0 Å². The molecule has 2 heterocycles. The van der Waals surface area contributed by atoms with E-state index < -0.39 is 18.1 Å². The Morgan fingerprint density at radius 2 is 2.38 bits per heavy atom. The van der Waals surface area contributed by atoms with Gasteiger partial charge < -0.3 is 15.7 Å². The lowest BCUT2D eigenvalue weighted by Crippen LogP contribution is -2.51. The monoisotopic (exact) mass is 221 g/mol. The largest absolute Gasteiger partial charge is 0.393 e. The number of carbonyl (C=O) groups excluding carboxylic acids is 1. The first-order valence-corrected chi connectivity index (χ1v) is 5.33. The van der Waals surface area contributed by atoms with Gasteiger partial charge in [0.15, 0.2) is 0 Å². The summed E-state index contributed by atoms with van der Waals surface area (Å²) in [7, 11) is 0. The topological polar surface area (TPSA) is 79.5 Å². The van der Waals surface area contributed by atoms with Gasteiger partial charge in [-0.3, -0.25) is 4.79 Å². The van der Waals surface area contributed by atoms with Gasteiger partial charge in [0.25, 0.3) is 0 Å². The number of aromatic nitrogens is 1. The Morgan fingerprint density at radius 3 is 3.00 bits per heavy atom. The third-order valence-corrected chi connectivity index (χ3v) is 2.85. The van der Waals surface area contributed by atoms with Crippen LogP contribution in [0.3, 0.4) is 0 Å². The molecule has 0 spiro atoms. The molecule has 1 aliphatic heterocycles. The number of nitrogens with zero attached hydrogens (tertiary/aromatic N) is 2. The number of aliphatic hydroxyl groups excluding tert-OH is 1. The number of piperidine rings is 1. The average molecular weight is 221 g/mol. The van der Waals surface area contributed by atoms with Crippen LogP contribution >= 0.6 is 0 Å². The van der Waals surface area contributed by atoms with Crippen LogP contribution in [0, 0.1) is 0 Å². The molecule has 1 aromatic heterocycles. The summed E-state index contributed by atoms with van der Waals surface area (Å²) >= 11 is 0. The molecule has 1 aromatic rings. The highest BCUT2D eigenvalue weighted by Crippen LogP contribution is 2.22. The van der Waals surface area contributed by atoms with E-state index >= 15 is 0 Å². The molecule has 2 rings (SSSR count). The highest BCUT2D eigenvalue weighted by atomic mass is 16.3. The van der Waals surface area contributed by atoms with Crippen molar-refractivity contribution < 1.29 is 9.90 Å². The Kier molecular flexibility index (Phi) is 3.05. The summed E-state index contributed by atoms with van der Waals surface area (Å²) in [4.78, 5) is 17.4. The Balaban J connectivity index is 2.22. The fourth-order valence-electron chi connectivity index (χ4n) is 2.01. The van der Waals surface area contributed by atoms with Gasteiger partial charge in [0.2, 0.25) is 5.91 Å². The van der Waals surface area contributed by atoms with E-state index in [1.54, 1.807) is 6.20 Å². The van der Waals surface area contributed by atoms with Crippen molar-refractivity contribution in [1.82, 2.24) is 4.98 Å². The highest BCUT2D eigenvalue weighted by Gasteiger charge is 2.31. The SMILES string of the molecule is NC(=O)C1CC(O)CCN1c1ccccn1. The lowest BCUT2D eigenvalue weighted by atomic mass is 9.99. The Labute approximate surface area is 93.9 Å². The zero-order valence-corrected chi connectivity index (χ0v) is 8.91. The van der Waals surface area contributed by atoms with Gasteiger partial charge in [-0.1, -0.05) is 6.07 Å². The van der Waals surface area contributed by atoms with Gasteiger partial charge in [0.1, 0.15) is 11.9 Å². The van der Waals surface area contributed by atoms with Crippen molar-refractivity contribution in [2.24, 2.45) is 5.73 Å². The van der Waals surface area contributed by atoms with Crippen LogP contribution in [0.1, 0.15) is 12.8 Å². The molecule has 0 aliphatic carbocycles. The van der Waals surface area contributed by atoms with Crippen LogP contribution in [0.15, 0.2) is 24.4 Å². The Bertz CT molecular complexity index is 369. The van der Waals surface area contributed by atoms with E-state index in [2.05, 4.69) is 4.98 Å². The molecule has 0 saturated carbocycles. The molecule has 16 heavy (non-hydrogen) atoms. The first-order valence-electron chi connectivity index (χ1n) is 5.33. The van der Waals surface area contributed by atoms with Crippen molar-refractivity contribution in [2.75, 3.05) is 11.4 Å². The molecule has 3 N–H and O–H groups in total. The maximum atomic E-state index is 11.3. The molecule has 0 radical (unpaired) electrons. The average Bonchev–Trinajstić information content (AvgIpc) is 2.30. The van der Waals surface area contributed by atoms with Crippen molar-refractivity contribution in [1.29, 1.82) is 0 Å². The van der Waals surface area contributed by atoms with Gasteiger partial charge in [0.05, 0.1) is 6.10 Å². The van der Waals surface area contributed by atoms with Gasteiger partial charge in [-0.2, -0.15) is 0 Å². The summed E-state index contributed by atoms with van der Waals surface area (Å²) in [6, 6.07) is 5.07. The number of nitrogens with two attached hydrogens (primary N) is 1. The lowest BCUT2D eigenvalue weighted by molar-refractivity contribution is -0.120. The number of hydrogen-bond donors (Lipinski definition) is 2. The second-order valence-corrected chi connectivity index (χ2v) is 3.98. The molecule has 1 saturated heterocycles. The van der Waals surface area contributed by atoms with Gasteiger partial charge in [0, 0.05) is 19.2 Å². The predicted molar refractivity (Wildman–Crippen MR) is 59.8 cm³/mol. The third kappa shape index (κ3) is 2.14. The number of hydrogen-bond acceptors (Lipinski definition) is 4. The molecular formula is C11H15N3O2. The van der Waals surface area contributed by atoms with Crippen LogP contribution in [0.5, 0.6) is 0 Å². The summed E-state index contributed by atoms with van der Waals surface area (Å²) in [5.41, 5.74) is 5.34. The predicted octanol–water partition coefficient (Wildman–Crippen LogP) is -0.103. The van der Waals surface area contributed by atoms with E-state index in [1.165, 1.54) is 0 Å². The zero-order valence-electron chi connectivity index (χ0n) is 8.91. The summed E-state index contributed by atoms with van der Waals surface area (Å²) < 4.78 is 0. The number of anilines is 1. The van der Waals surface area contributed by atoms with Crippen LogP contribution < -0.4 is 10.6 Å². The molecule has 0 bridgehead atoms. The quantitative estimate of drug-likeness (QED) is 0.730. The molecule has 2 unspecified atom stereocenters. The van der Waals surface area contributed by atoms with Crippen molar-refractivity contribution >= 4 is 11.7 Å². The third-order valence-electron chi connectivity index (χ3n) is 2.85. The zero-order chi connectivity index (χ0) is 11.5. The second-order valence-electron chi connectivity index (χ2n) is 3.98. The second kappa shape index (κ2) is 4.49. The van der Waals surface area contributed by atoms with E-state index in [0.717, 1.165) is 5.82 Å². The summed E-state index contributed by atoms with van der Waals surface area (Å²) in [5.74, 6) is 0.322. The number of pyridine rings is 1. The standard InChI is InChI=1S/C11H15N3O2/c12-11(16)9-7-8(15)4-6-14(9)10-3-1-2-5-13-10/h1-3,5,8-9,15H,4,6-7H2,(H2,12,16). The maximum Gasteiger partial charge on any atom is 0.240 e. The van der Waals surface area contributed by atoms with Crippen LogP contribution in [0.4, 0.5) is 5.82 Å². The summed E-state index contributed by atoms with van der Waals surface area (Å²) in [5, 5.41) is 9.54. The molecule has 1 aliphatic rings. The van der Waals surface area contributed by atoms with Crippen LogP contribution in [0.2, 0.25) is 0 Å². The van der Waals surface area contributed by atoms with E-state index in [0.29, 0.717) is 19.4 Å². The Hall–Kier alpha value is -1.62. The van der Waals surface area contributed by atoms with Crippen molar-refractivity contribution in [3.05, 3.63) is 24.4 Å². The van der Waals surface area contributed by atoms with Gasteiger partial charge in [-0.05, 0) is 18.6 Å². The number of amides is 1. The number of carbonyl (C=O) groups is 1. The van der Waals surface area contributed by atoms with Gasteiger partial charge in [-0.25, -0.2) is 4.98 Å². The fraction of sp³-hybridized carbons (Fsp3) is 0.455. The van der Waals surface area contributed by atoms with E-state index in [9.17, 15) is 9.90 Å². The number of primary amides is 1. The highest BCUT2D eigenvalue weighted by molar-refractivity contribution is 5.83. The first kappa shape index (κ1) is 10.9. The van der Waals surface area contributed by atoms with Crippen LogP contribution in [-0.4, -0.2) is 34.7 Å². The van der Waals surface area contributed by atoms with E-state index in [-0.39, 0.29) is 0 Å². The minimum atomic E-state index is -0.460. The minimum absolute atomic E-state index is 0.381. The molecule has 5 nitrogen and oxygen atoms in total. The molecule has 2 atom stereocenters. The first-order chi connectivity index (χ1) is 7.68. The maximum absolute atomic E-state index is 11.3. The molecular weight excluding hydrogens is 206 g/mol. The normalized spacial score (nSPS) is 25.4. The van der Waals surface area contributed by atoms with Crippen LogP contribution in [0.25, 0.3) is 0 Å². The van der Waals surface area contributed by atoms with Crippen LogP contribution in [-0.2, 0) is 4.79 Å². The molecule has 1 amide bonds. The molecule has 5 heteroatoms. The lowest BCUT2D eigenvalue weighted by Gasteiger charge is -2.36. The molecule has 0 aromatic carbocycles. The van der Waals surface area contributed by atoms with Gasteiger partial charge in [-0.15, -0.1) is 0 Å². The number of rotatable bonds is 2. The molecule has 86 valence electrons. The fourth-order valence-corrected chi connectivity index (χ4v) is 2.01. The minimum Gasteiger partial charge on any atom is -0.393 e. The van der Waals surface area contributed by atoms with E-state index in [1.807, 2.05) is 23.1 Å². The molecule has 1 fully saturated rings. The summed E-state index contributed by atoms with van der Waals surface area (Å²) in [6.07, 6.45) is 2.25. The number of aliphatic hydroxyl groups is 1.